The smallest absolute Gasteiger partial charge is 0.335 e. The van der Waals surface area contributed by atoms with Gasteiger partial charge < -0.3 is 9.84 Å². The third kappa shape index (κ3) is 4.56. The Kier molecular flexibility index (Phi) is 5.79. The number of aromatic carboxylic acids is 1. The van der Waals surface area contributed by atoms with Crippen molar-refractivity contribution in [1.29, 1.82) is 0 Å². The van der Waals surface area contributed by atoms with Crippen molar-refractivity contribution in [3.8, 4) is 5.75 Å². The van der Waals surface area contributed by atoms with Crippen LogP contribution in [0, 0.1) is 0 Å². The summed E-state index contributed by atoms with van der Waals surface area (Å²) in [5.41, 5.74) is 0.236. The van der Waals surface area contributed by atoms with Crippen molar-refractivity contribution < 1.29 is 14.6 Å². The minimum absolute atomic E-state index is 0.236. The first-order valence-corrected chi connectivity index (χ1v) is 7.85. The molecule has 0 spiro atoms. The lowest BCUT2D eigenvalue weighted by atomic mass is 10.2. The molecule has 2 rings (SSSR count). The monoisotopic (exact) mass is 342 g/mol. The van der Waals surface area contributed by atoms with Gasteiger partial charge in [-0.25, -0.2) is 4.79 Å². The average Bonchev–Trinajstić information content (AvgIpc) is 2.46. The number of hydrogen-bond acceptors (Lipinski definition) is 3. The third-order valence-electron chi connectivity index (χ3n) is 2.62. The van der Waals surface area contributed by atoms with Crippen molar-refractivity contribution in [2.24, 2.45) is 0 Å². The number of benzene rings is 2. The van der Waals surface area contributed by atoms with Gasteiger partial charge in [-0.05, 0) is 36.4 Å². The molecule has 0 radical (unpaired) electrons. The number of ether oxygens (including phenoxy) is 1. The lowest BCUT2D eigenvalue weighted by Crippen LogP contribution is -2.01. The standard InChI is InChI=1S/C15H12Cl2O3S/c16-12-2-1-3-13(17)14(12)21-9-8-20-11-6-4-10(5-7-11)15(18)19/h1-7H,8-9H2,(H,18,19). The third-order valence-corrected chi connectivity index (χ3v) is 4.57. The van der Waals surface area contributed by atoms with Crippen molar-refractivity contribution in [2.45, 2.75) is 4.90 Å². The van der Waals surface area contributed by atoms with E-state index in [9.17, 15) is 4.79 Å². The number of carboxylic acids is 1. The number of carbonyl (C=O) groups is 1. The van der Waals surface area contributed by atoms with E-state index in [-0.39, 0.29) is 5.56 Å². The zero-order chi connectivity index (χ0) is 15.2. The van der Waals surface area contributed by atoms with Gasteiger partial charge in [-0.3, -0.25) is 0 Å². The molecule has 0 saturated heterocycles. The van der Waals surface area contributed by atoms with Gasteiger partial charge in [0, 0.05) is 10.6 Å². The number of thioether (sulfide) groups is 1. The van der Waals surface area contributed by atoms with Crippen LogP contribution in [0.3, 0.4) is 0 Å². The summed E-state index contributed by atoms with van der Waals surface area (Å²) in [7, 11) is 0. The molecule has 0 aliphatic carbocycles. The first-order valence-electron chi connectivity index (χ1n) is 6.11. The molecule has 110 valence electrons. The fourth-order valence-electron chi connectivity index (χ4n) is 1.62. The van der Waals surface area contributed by atoms with E-state index in [1.807, 2.05) is 0 Å². The molecule has 3 nitrogen and oxygen atoms in total. The van der Waals surface area contributed by atoms with Gasteiger partial charge >= 0.3 is 5.97 Å². The van der Waals surface area contributed by atoms with Crippen LogP contribution in [0.25, 0.3) is 0 Å². The molecular weight excluding hydrogens is 331 g/mol. The highest BCUT2D eigenvalue weighted by molar-refractivity contribution is 7.99. The maximum atomic E-state index is 10.7. The summed E-state index contributed by atoms with van der Waals surface area (Å²) in [6, 6.07) is 11.7. The summed E-state index contributed by atoms with van der Waals surface area (Å²) in [4.78, 5) is 11.6. The van der Waals surface area contributed by atoms with E-state index in [1.54, 1.807) is 30.3 Å². The van der Waals surface area contributed by atoms with Crippen LogP contribution in [0.15, 0.2) is 47.4 Å². The van der Waals surface area contributed by atoms with E-state index in [4.69, 9.17) is 33.0 Å². The summed E-state index contributed by atoms with van der Waals surface area (Å²) >= 11 is 13.7. The Morgan fingerprint density at radius 3 is 2.29 bits per heavy atom. The summed E-state index contributed by atoms with van der Waals surface area (Å²) in [6.45, 7) is 0.471. The quantitative estimate of drug-likeness (QED) is 0.601. The molecule has 0 bridgehead atoms. The zero-order valence-corrected chi connectivity index (χ0v) is 13.2. The van der Waals surface area contributed by atoms with Gasteiger partial charge in [-0.2, -0.15) is 0 Å². The van der Waals surface area contributed by atoms with Crippen LogP contribution in [-0.2, 0) is 0 Å². The molecule has 0 amide bonds. The second-order valence-corrected chi connectivity index (χ2v) is 6.00. The molecule has 1 N–H and O–H groups in total. The maximum Gasteiger partial charge on any atom is 0.335 e. The highest BCUT2D eigenvalue weighted by atomic mass is 35.5. The van der Waals surface area contributed by atoms with Gasteiger partial charge in [0.25, 0.3) is 0 Å². The van der Waals surface area contributed by atoms with Gasteiger partial charge in [0.05, 0.1) is 22.2 Å². The Morgan fingerprint density at radius 2 is 1.71 bits per heavy atom. The first-order chi connectivity index (χ1) is 10.1. The Morgan fingerprint density at radius 1 is 1.10 bits per heavy atom. The van der Waals surface area contributed by atoms with E-state index in [2.05, 4.69) is 0 Å². The van der Waals surface area contributed by atoms with E-state index in [0.717, 1.165) is 4.90 Å². The Labute approximate surface area is 136 Å². The van der Waals surface area contributed by atoms with Gasteiger partial charge in [0.15, 0.2) is 0 Å². The van der Waals surface area contributed by atoms with E-state index >= 15 is 0 Å². The van der Waals surface area contributed by atoms with Crippen molar-refractivity contribution in [2.75, 3.05) is 12.4 Å². The van der Waals surface area contributed by atoms with Crippen LogP contribution in [0.4, 0.5) is 0 Å². The van der Waals surface area contributed by atoms with E-state index in [1.165, 1.54) is 23.9 Å². The van der Waals surface area contributed by atoms with Crippen LogP contribution in [0.5, 0.6) is 5.75 Å². The van der Waals surface area contributed by atoms with Crippen LogP contribution >= 0.6 is 35.0 Å². The highest BCUT2D eigenvalue weighted by Gasteiger charge is 2.06. The molecule has 2 aromatic carbocycles. The summed E-state index contributed by atoms with van der Waals surface area (Å²) in [5.74, 6) is 0.362. The average molecular weight is 343 g/mol. The van der Waals surface area contributed by atoms with Crippen LogP contribution in [0.1, 0.15) is 10.4 Å². The lowest BCUT2D eigenvalue weighted by Gasteiger charge is -2.08. The molecule has 0 aliphatic heterocycles. The van der Waals surface area contributed by atoms with Crippen molar-refractivity contribution >= 4 is 40.9 Å². The second kappa shape index (κ2) is 7.59. The second-order valence-electron chi connectivity index (χ2n) is 4.08. The molecule has 0 fully saturated rings. The van der Waals surface area contributed by atoms with Crippen LogP contribution in [-0.4, -0.2) is 23.4 Å². The Hall–Kier alpha value is -1.36. The van der Waals surface area contributed by atoms with Crippen molar-refractivity contribution in [3.63, 3.8) is 0 Å². The normalized spacial score (nSPS) is 10.4. The largest absolute Gasteiger partial charge is 0.493 e. The van der Waals surface area contributed by atoms with Gasteiger partial charge in [-0.15, -0.1) is 11.8 Å². The SMILES string of the molecule is O=C(O)c1ccc(OCCSc2c(Cl)cccc2Cl)cc1. The molecule has 0 unspecified atom stereocenters. The highest BCUT2D eigenvalue weighted by Crippen LogP contribution is 2.33. The Bertz CT molecular complexity index is 609. The summed E-state index contributed by atoms with van der Waals surface area (Å²) < 4.78 is 5.54. The van der Waals surface area contributed by atoms with Crippen LogP contribution in [0.2, 0.25) is 10.0 Å². The molecule has 21 heavy (non-hydrogen) atoms. The molecule has 0 heterocycles. The first kappa shape index (κ1) is 16.0. The molecular formula is C15H12Cl2O3S. The number of rotatable bonds is 6. The number of halogens is 2. The number of carboxylic acid groups (broad SMARTS) is 1. The Balaban J connectivity index is 1.83. The molecule has 0 atom stereocenters. The minimum Gasteiger partial charge on any atom is -0.493 e. The predicted octanol–water partition coefficient (Wildman–Crippen LogP) is 4.86. The van der Waals surface area contributed by atoms with Crippen molar-refractivity contribution in [1.82, 2.24) is 0 Å². The maximum absolute atomic E-state index is 10.7. The molecule has 0 aliphatic rings. The van der Waals surface area contributed by atoms with Crippen molar-refractivity contribution in [3.05, 3.63) is 58.1 Å². The predicted molar refractivity (Wildman–Crippen MR) is 86.1 cm³/mol. The topological polar surface area (TPSA) is 46.5 Å². The molecule has 2 aromatic rings. The minimum atomic E-state index is -0.953. The van der Waals surface area contributed by atoms with Crippen LogP contribution < -0.4 is 4.74 Å². The fourth-order valence-corrected chi connectivity index (χ4v) is 3.12. The lowest BCUT2D eigenvalue weighted by molar-refractivity contribution is 0.0697. The summed E-state index contributed by atoms with van der Waals surface area (Å²) in [5, 5.41) is 10.0. The van der Waals surface area contributed by atoms with Gasteiger partial charge in [0.1, 0.15) is 5.75 Å². The molecule has 0 saturated carbocycles. The molecule has 6 heteroatoms. The van der Waals surface area contributed by atoms with E-state index in [0.29, 0.717) is 28.2 Å². The molecule has 0 aromatic heterocycles. The van der Waals surface area contributed by atoms with Gasteiger partial charge in [0.2, 0.25) is 0 Å². The van der Waals surface area contributed by atoms with Gasteiger partial charge in [-0.1, -0.05) is 29.3 Å². The summed E-state index contributed by atoms with van der Waals surface area (Å²) in [6.07, 6.45) is 0. The van der Waals surface area contributed by atoms with E-state index < -0.39 is 5.97 Å². The zero-order valence-electron chi connectivity index (χ0n) is 10.9. The number of hydrogen-bond donors (Lipinski definition) is 1. The fraction of sp³-hybridized carbons (Fsp3) is 0.133.